The number of hydrogen-bond acceptors (Lipinski definition) is 5. The standard InChI is InChI=1S/C24H29N3O4S2/c1-4-26-21-14-11-19(31-5-2)16-22(21)32-24(26)25-23(28)18-9-12-20(13-10-18)33(29,30)27-15-7-6-8-17(27)3/h9-14,16-17H,4-8,15H2,1-3H3/t17-/m1/s1. The van der Waals surface area contributed by atoms with Crippen molar-refractivity contribution in [2.45, 2.75) is 57.5 Å². The Morgan fingerprint density at radius 3 is 2.58 bits per heavy atom. The number of hydrogen-bond donors (Lipinski definition) is 0. The Balaban J connectivity index is 1.63. The molecule has 1 atom stereocenters. The largest absolute Gasteiger partial charge is 0.494 e. The number of rotatable bonds is 6. The van der Waals surface area contributed by atoms with Gasteiger partial charge in [0.05, 0.1) is 21.7 Å². The summed E-state index contributed by atoms with van der Waals surface area (Å²) in [4.78, 5) is 18.0. The maximum absolute atomic E-state index is 13.0. The highest BCUT2D eigenvalue weighted by atomic mass is 32.2. The van der Waals surface area contributed by atoms with Crippen molar-refractivity contribution in [1.29, 1.82) is 0 Å². The zero-order valence-corrected chi connectivity index (χ0v) is 20.8. The summed E-state index contributed by atoms with van der Waals surface area (Å²) in [6, 6.07) is 11.9. The number of thiazole rings is 1. The fraction of sp³-hybridized carbons (Fsp3) is 0.417. The molecule has 4 rings (SSSR count). The smallest absolute Gasteiger partial charge is 0.279 e. The van der Waals surface area contributed by atoms with Gasteiger partial charge in [-0.25, -0.2) is 8.42 Å². The first-order chi connectivity index (χ1) is 15.8. The van der Waals surface area contributed by atoms with Crippen LogP contribution in [0.15, 0.2) is 52.4 Å². The van der Waals surface area contributed by atoms with E-state index in [1.54, 1.807) is 16.4 Å². The topological polar surface area (TPSA) is 81.0 Å². The second-order valence-electron chi connectivity index (χ2n) is 8.09. The number of fused-ring (bicyclic) bond motifs is 1. The van der Waals surface area contributed by atoms with Crippen LogP contribution in [-0.2, 0) is 16.6 Å². The van der Waals surface area contributed by atoms with Crippen molar-refractivity contribution in [2.75, 3.05) is 13.2 Å². The lowest BCUT2D eigenvalue weighted by atomic mass is 10.1. The van der Waals surface area contributed by atoms with Crippen molar-refractivity contribution < 1.29 is 17.9 Å². The second-order valence-corrected chi connectivity index (χ2v) is 11.0. The van der Waals surface area contributed by atoms with Crippen molar-refractivity contribution in [3.8, 4) is 5.75 Å². The minimum Gasteiger partial charge on any atom is -0.494 e. The molecular weight excluding hydrogens is 458 g/mol. The lowest BCUT2D eigenvalue weighted by Gasteiger charge is -2.32. The first kappa shape index (κ1) is 23.7. The minimum atomic E-state index is -3.57. The molecule has 1 amide bonds. The van der Waals surface area contributed by atoms with Gasteiger partial charge in [0.25, 0.3) is 5.91 Å². The number of nitrogens with zero attached hydrogens (tertiary/aromatic N) is 3. The van der Waals surface area contributed by atoms with Crippen LogP contribution in [0.2, 0.25) is 0 Å². The molecule has 7 nitrogen and oxygen atoms in total. The summed E-state index contributed by atoms with van der Waals surface area (Å²) in [6.07, 6.45) is 2.79. The quantitative estimate of drug-likeness (QED) is 0.515. The van der Waals surface area contributed by atoms with Gasteiger partial charge in [-0.2, -0.15) is 9.30 Å². The number of aromatic nitrogens is 1. The third-order valence-corrected chi connectivity index (χ3v) is 9.00. The first-order valence-corrected chi connectivity index (χ1v) is 13.6. The lowest BCUT2D eigenvalue weighted by molar-refractivity contribution is 0.0997. The molecule has 2 heterocycles. The zero-order valence-electron chi connectivity index (χ0n) is 19.2. The molecule has 1 fully saturated rings. The van der Waals surface area contributed by atoms with E-state index in [1.807, 2.05) is 43.5 Å². The SMILES string of the molecule is CCOc1ccc2c(c1)sc(=NC(=O)c1ccc(S(=O)(=O)N3CCCC[C@H]3C)cc1)n2CC. The van der Waals surface area contributed by atoms with Crippen molar-refractivity contribution in [1.82, 2.24) is 8.87 Å². The maximum Gasteiger partial charge on any atom is 0.279 e. The van der Waals surface area contributed by atoms with Gasteiger partial charge in [-0.05, 0) is 76.1 Å². The number of ether oxygens (including phenoxy) is 1. The fourth-order valence-electron chi connectivity index (χ4n) is 4.19. The van der Waals surface area contributed by atoms with Gasteiger partial charge >= 0.3 is 0 Å². The molecule has 0 aliphatic carbocycles. The second kappa shape index (κ2) is 9.79. The molecule has 0 saturated carbocycles. The zero-order chi connectivity index (χ0) is 23.6. The molecule has 0 bridgehead atoms. The Hall–Kier alpha value is -2.49. The average Bonchev–Trinajstić information content (AvgIpc) is 3.15. The van der Waals surface area contributed by atoms with E-state index in [-0.39, 0.29) is 10.9 Å². The van der Waals surface area contributed by atoms with Crippen LogP contribution >= 0.6 is 11.3 Å². The molecule has 2 aromatic carbocycles. The van der Waals surface area contributed by atoms with Crippen LogP contribution in [0, 0.1) is 0 Å². The van der Waals surface area contributed by atoms with Gasteiger partial charge in [-0.3, -0.25) is 4.79 Å². The molecule has 176 valence electrons. The third kappa shape index (κ3) is 4.76. The summed E-state index contributed by atoms with van der Waals surface area (Å²) in [7, 11) is -3.57. The molecule has 0 radical (unpaired) electrons. The molecular formula is C24H29N3O4S2. The Morgan fingerprint density at radius 1 is 1.15 bits per heavy atom. The monoisotopic (exact) mass is 487 g/mol. The van der Waals surface area contributed by atoms with Crippen molar-refractivity contribution in [3.63, 3.8) is 0 Å². The number of carbonyl (C=O) groups excluding carboxylic acids is 1. The van der Waals surface area contributed by atoms with E-state index in [1.165, 1.54) is 23.5 Å². The van der Waals surface area contributed by atoms with Crippen molar-refractivity contribution in [3.05, 3.63) is 52.8 Å². The van der Waals surface area contributed by atoms with Crippen LogP contribution in [0.5, 0.6) is 5.75 Å². The summed E-state index contributed by atoms with van der Waals surface area (Å²) in [6.45, 7) is 7.68. The number of carbonyl (C=O) groups is 1. The van der Waals surface area contributed by atoms with Gasteiger partial charge in [-0.15, -0.1) is 0 Å². The average molecular weight is 488 g/mol. The highest BCUT2D eigenvalue weighted by molar-refractivity contribution is 7.89. The minimum absolute atomic E-state index is 0.0132. The normalized spacial score (nSPS) is 18.0. The van der Waals surface area contributed by atoms with E-state index in [0.717, 1.165) is 35.2 Å². The molecule has 0 unspecified atom stereocenters. The van der Waals surface area contributed by atoms with Crippen molar-refractivity contribution >= 4 is 37.5 Å². The number of piperidine rings is 1. The van der Waals surface area contributed by atoms with Gasteiger partial charge in [-0.1, -0.05) is 17.8 Å². The molecule has 1 aliphatic heterocycles. The maximum atomic E-state index is 13.0. The van der Waals surface area contributed by atoms with Gasteiger partial charge in [0, 0.05) is 24.7 Å². The van der Waals surface area contributed by atoms with Gasteiger partial charge < -0.3 is 9.30 Å². The van der Waals surface area contributed by atoms with E-state index in [4.69, 9.17) is 4.74 Å². The number of benzene rings is 2. The van der Waals surface area contributed by atoms with Crippen LogP contribution < -0.4 is 9.54 Å². The van der Waals surface area contributed by atoms with E-state index in [2.05, 4.69) is 4.99 Å². The van der Waals surface area contributed by atoms with Gasteiger partial charge in [0.2, 0.25) is 10.0 Å². The summed E-state index contributed by atoms with van der Waals surface area (Å²) in [5.74, 6) is 0.385. The number of amides is 1. The third-order valence-electron chi connectivity index (χ3n) is 5.93. The first-order valence-electron chi connectivity index (χ1n) is 11.3. The Bertz CT molecular complexity index is 1320. The highest BCUT2D eigenvalue weighted by Gasteiger charge is 2.30. The summed E-state index contributed by atoms with van der Waals surface area (Å²) in [5, 5.41) is 0. The molecule has 0 spiro atoms. The van der Waals surface area contributed by atoms with E-state index < -0.39 is 15.9 Å². The van der Waals surface area contributed by atoms with E-state index in [0.29, 0.717) is 30.1 Å². The molecule has 33 heavy (non-hydrogen) atoms. The van der Waals surface area contributed by atoms with Gasteiger partial charge in [0.1, 0.15) is 5.75 Å². The van der Waals surface area contributed by atoms with Crippen LogP contribution in [0.25, 0.3) is 10.2 Å². The predicted octanol–water partition coefficient (Wildman–Crippen LogP) is 4.43. The van der Waals surface area contributed by atoms with Crippen LogP contribution in [0.4, 0.5) is 0 Å². The summed E-state index contributed by atoms with van der Waals surface area (Å²) >= 11 is 1.43. The summed E-state index contributed by atoms with van der Waals surface area (Å²) < 4.78 is 36.2. The lowest BCUT2D eigenvalue weighted by Crippen LogP contribution is -2.41. The molecule has 3 aromatic rings. The fourth-order valence-corrected chi connectivity index (χ4v) is 7.01. The summed E-state index contributed by atoms with van der Waals surface area (Å²) in [5.41, 5.74) is 1.35. The molecule has 0 N–H and O–H groups in total. The van der Waals surface area contributed by atoms with Crippen molar-refractivity contribution in [2.24, 2.45) is 4.99 Å². The highest BCUT2D eigenvalue weighted by Crippen LogP contribution is 2.26. The van der Waals surface area contributed by atoms with E-state index >= 15 is 0 Å². The molecule has 1 aliphatic rings. The molecule has 9 heteroatoms. The Morgan fingerprint density at radius 2 is 1.91 bits per heavy atom. The molecule has 1 saturated heterocycles. The predicted molar refractivity (Wildman–Crippen MR) is 130 cm³/mol. The number of sulfonamides is 1. The molecule has 1 aromatic heterocycles. The van der Waals surface area contributed by atoms with E-state index in [9.17, 15) is 13.2 Å². The van der Waals surface area contributed by atoms with Crippen LogP contribution in [0.3, 0.4) is 0 Å². The van der Waals surface area contributed by atoms with Crippen LogP contribution in [0.1, 0.15) is 50.4 Å². The number of aryl methyl sites for hydroxylation is 1. The van der Waals surface area contributed by atoms with Gasteiger partial charge in [0.15, 0.2) is 4.80 Å². The Kier molecular flexibility index (Phi) is 7.02. The Labute approximate surface area is 198 Å². The van der Waals surface area contributed by atoms with Crippen LogP contribution in [-0.4, -0.2) is 42.4 Å².